The van der Waals surface area contributed by atoms with E-state index in [2.05, 4.69) is 10.3 Å². The van der Waals surface area contributed by atoms with Crippen LogP contribution in [0.3, 0.4) is 0 Å². The zero-order valence-electron chi connectivity index (χ0n) is 10.3. The summed E-state index contributed by atoms with van der Waals surface area (Å²) in [6.07, 6.45) is 0. The number of carbonyl (C=O) groups excluding carboxylic acids is 1. The molecule has 100 valence electrons. The zero-order chi connectivity index (χ0) is 13.7. The molecule has 0 aliphatic heterocycles. The minimum Gasteiger partial charge on any atom is -0.465 e. The molecule has 0 spiro atoms. The summed E-state index contributed by atoms with van der Waals surface area (Å²) in [6.45, 7) is 3.76. The van der Waals surface area contributed by atoms with Crippen LogP contribution in [0.5, 0.6) is 0 Å². The van der Waals surface area contributed by atoms with Crippen LogP contribution < -0.4 is 22.3 Å². The number of nitrogen functional groups attached to an aromatic ring is 1. The number of esters is 1. The minimum atomic E-state index is -0.661. The highest BCUT2D eigenvalue weighted by molar-refractivity contribution is 5.76. The summed E-state index contributed by atoms with van der Waals surface area (Å²) in [5.74, 6) is -0.513. The topological polar surface area (TPSA) is 119 Å². The molecular formula is C10H16N4O4. The lowest BCUT2D eigenvalue weighted by Gasteiger charge is -2.11. The molecule has 0 saturated carbocycles. The fraction of sp³-hybridized carbons (Fsp3) is 0.500. The summed E-state index contributed by atoms with van der Waals surface area (Å²) in [4.78, 5) is 36.2. The van der Waals surface area contributed by atoms with Crippen LogP contribution in [0.1, 0.15) is 13.8 Å². The largest absolute Gasteiger partial charge is 0.465 e. The third-order valence-electron chi connectivity index (χ3n) is 2.27. The molecule has 4 N–H and O–H groups in total. The Bertz CT molecular complexity index is 546. The molecular weight excluding hydrogens is 240 g/mol. The number of rotatable bonds is 5. The first-order valence-electron chi connectivity index (χ1n) is 5.53. The van der Waals surface area contributed by atoms with Crippen LogP contribution in [0.15, 0.2) is 9.59 Å². The molecule has 1 aromatic rings. The Morgan fingerprint density at radius 3 is 2.67 bits per heavy atom. The van der Waals surface area contributed by atoms with Gasteiger partial charge in [0.2, 0.25) is 0 Å². The van der Waals surface area contributed by atoms with Gasteiger partial charge in [-0.25, -0.2) is 4.79 Å². The maximum atomic E-state index is 11.5. The van der Waals surface area contributed by atoms with Crippen LogP contribution >= 0.6 is 0 Å². The van der Waals surface area contributed by atoms with Crippen molar-refractivity contribution in [3.8, 4) is 0 Å². The molecule has 0 aliphatic carbocycles. The normalized spacial score (nSPS) is 10.1. The van der Waals surface area contributed by atoms with E-state index in [-0.39, 0.29) is 24.7 Å². The first-order chi connectivity index (χ1) is 8.51. The van der Waals surface area contributed by atoms with Crippen molar-refractivity contribution in [2.24, 2.45) is 0 Å². The van der Waals surface area contributed by atoms with E-state index in [1.54, 1.807) is 13.8 Å². The van der Waals surface area contributed by atoms with Gasteiger partial charge in [0.05, 0.1) is 6.61 Å². The standard InChI is InChI=1S/C10H16N4O4/c1-3-14-8(11)7(9(16)13-10(14)17)12-5-6(15)18-4-2/h12H,3-5,11H2,1-2H3,(H,13,16,17). The van der Waals surface area contributed by atoms with Crippen molar-refractivity contribution in [2.45, 2.75) is 20.4 Å². The number of anilines is 2. The number of hydrogen-bond acceptors (Lipinski definition) is 6. The van der Waals surface area contributed by atoms with E-state index in [0.717, 1.165) is 0 Å². The summed E-state index contributed by atoms with van der Waals surface area (Å²) in [5.41, 5.74) is 4.43. The molecule has 0 fully saturated rings. The summed E-state index contributed by atoms with van der Waals surface area (Å²) in [5, 5.41) is 2.56. The predicted molar refractivity (Wildman–Crippen MR) is 66.5 cm³/mol. The number of ether oxygens (including phenoxy) is 1. The summed E-state index contributed by atoms with van der Waals surface area (Å²) in [7, 11) is 0. The van der Waals surface area contributed by atoms with Crippen molar-refractivity contribution in [1.82, 2.24) is 9.55 Å². The average Bonchev–Trinajstić information content (AvgIpc) is 2.29. The summed E-state index contributed by atoms with van der Waals surface area (Å²) < 4.78 is 5.89. The third-order valence-corrected chi connectivity index (χ3v) is 2.27. The van der Waals surface area contributed by atoms with Crippen LogP contribution in [0.4, 0.5) is 11.5 Å². The van der Waals surface area contributed by atoms with Crippen LogP contribution in [-0.4, -0.2) is 28.7 Å². The molecule has 1 heterocycles. The Labute approximate surface area is 103 Å². The van der Waals surface area contributed by atoms with Crippen molar-refractivity contribution in [3.05, 3.63) is 20.8 Å². The summed E-state index contributed by atoms with van der Waals surface area (Å²) in [6, 6.07) is 0. The van der Waals surface area contributed by atoms with E-state index in [0.29, 0.717) is 6.54 Å². The number of carbonyl (C=O) groups is 1. The molecule has 1 aromatic heterocycles. The number of aromatic amines is 1. The molecule has 0 radical (unpaired) electrons. The van der Waals surface area contributed by atoms with Gasteiger partial charge in [-0.2, -0.15) is 0 Å². The lowest BCUT2D eigenvalue weighted by atomic mass is 10.4. The van der Waals surface area contributed by atoms with E-state index in [4.69, 9.17) is 10.5 Å². The predicted octanol–water partition coefficient (Wildman–Crippen LogP) is -0.886. The first kappa shape index (κ1) is 13.8. The second kappa shape index (κ2) is 5.89. The Hall–Kier alpha value is -2.25. The first-order valence-corrected chi connectivity index (χ1v) is 5.53. The van der Waals surface area contributed by atoms with Crippen LogP contribution in [0.2, 0.25) is 0 Å². The molecule has 18 heavy (non-hydrogen) atoms. The van der Waals surface area contributed by atoms with Crippen molar-refractivity contribution >= 4 is 17.5 Å². The highest BCUT2D eigenvalue weighted by atomic mass is 16.5. The maximum Gasteiger partial charge on any atom is 0.330 e. The van der Waals surface area contributed by atoms with E-state index in [9.17, 15) is 14.4 Å². The van der Waals surface area contributed by atoms with Crippen molar-refractivity contribution < 1.29 is 9.53 Å². The van der Waals surface area contributed by atoms with Crippen molar-refractivity contribution in [3.63, 3.8) is 0 Å². The molecule has 0 amide bonds. The van der Waals surface area contributed by atoms with Gasteiger partial charge in [-0.05, 0) is 13.8 Å². The van der Waals surface area contributed by atoms with E-state index < -0.39 is 17.2 Å². The Morgan fingerprint density at radius 1 is 1.44 bits per heavy atom. The third kappa shape index (κ3) is 2.90. The molecule has 0 atom stereocenters. The highest BCUT2D eigenvalue weighted by Crippen LogP contribution is 2.09. The molecule has 1 rings (SSSR count). The monoisotopic (exact) mass is 256 g/mol. The number of H-pyrrole nitrogens is 1. The van der Waals surface area contributed by atoms with Gasteiger partial charge < -0.3 is 15.8 Å². The molecule has 8 heteroatoms. The van der Waals surface area contributed by atoms with Gasteiger partial charge in [0.1, 0.15) is 18.1 Å². The molecule has 0 aromatic carbocycles. The molecule has 0 bridgehead atoms. The molecule has 0 aliphatic rings. The Morgan fingerprint density at radius 2 is 2.11 bits per heavy atom. The smallest absolute Gasteiger partial charge is 0.330 e. The quantitative estimate of drug-likeness (QED) is 0.588. The number of hydrogen-bond donors (Lipinski definition) is 3. The second-order valence-corrected chi connectivity index (χ2v) is 3.42. The minimum absolute atomic E-state index is 0.00412. The maximum absolute atomic E-state index is 11.5. The van der Waals surface area contributed by atoms with Gasteiger partial charge in [0.15, 0.2) is 0 Å². The van der Waals surface area contributed by atoms with Crippen LogP contribution in [0, 0.1) is 0 Å². The van der Waals surface area contributed by atoms with Crippen molar-refractivity contribution in [2.75, 3.05) is 24.2 Å². The van der Waals surface area contributed by atoms with Gasteiger partial charge in [-0.3, -0.25) is 19.1 Å². The van der Waals surface area contributed by atoms with E-state index in [1.165, 1.54) is 4.57 Å². The fourth-order valence-electron chi connectivity index (χ4n) is 1.45. The summed E-state index contributed by atoms with van der Waals surface area (Å²) >= 11 is 0. The Kier molecular flexibility index (Phi) is 4.52. The second-order valence-electron chi connectivity index (χ2n) is 3.42. The fourth-order valence-corrected chi connectivity index (χ4v) is 1.45. The molecule has 0 saturated heterocycles. The lowest BCUT2D eigenvalue weighted by molar-refractivity contribution is -0.140. The SMILES string of the molecule is CCOC(=O)CNc1c(N)n(CC)c(=O)[nH]c1=O. The zero-order valence-corrected chi connectivity index (χ0v) is 10.3. The van der Waals surface area contributed by atoms with Crippen LogP contribution in [-0.2, 0) is 16.1 Å². The van der Waals surface area contributed by atoms with E-state index >= 15 is 0 Å². The molecule has 0 unspecified atom stereocenters. The number of aromatic nitrogens is 2. The van der Waals surface area contributed by atoms with Gasteiger partial charge in [0.25, 0.3) is 5.56 Å². The average molecular weight is 256 g/mol. The van der Waals surface area contributed by atoms with Gasteiger partial charge in [-0.15, -0.1) is 0 Å². The van der Waals surface area contributed by atoms with Crippen LogP contribution in [0.25, 0.3) is 0 Å². The lowest BCUT2D eigenvalue weighted by Crippen LogP contribution is -2.34. The van der Waals surface area contributed by atoms with E-state index in [1.807, 2.05) is 0 Å². The highest BCUT2D eigenvalue weighted by Gasteiger charge is 2.12. The molecule has 8 nitrogen and oxygen atoms in total. The van der Waals surface area contributed by atoms with Gasteiger partial charge in [0, 0.05) is 6.54 Å². The number of nitrogens with one attached hydrogen (secondary N) is 2. The van der Waals surface area contributed by atoms with Gasteiger partial charge in [-0.1, -0.05) is 0 Å². The van der Waals surface area contributed by atoms with Gasteiger partial charge >= 0.3 is 11.7 Å². The van der Waals surface area contributed by atoms with Crippen molar-refractivity contribution in [1.29, 1.82) is 0 Å². The number of nitrogens with zero attached hydrogens (tertiary/aromatic N) is 1. The Balaban J connectivity index is 2.99. The number of nitrogens with two attached hydrogens (primary N) is 1.